The van der Waals surface area contributed by atoms with Gasteiger partial charge >= 0.3 is 0 Å². The maximum absolute atomic E-state index is 13.0. The Morgan fingerprint density at radius 3 is 2.65 bits per heavy atom. The van der Waals surface area contributed by atoms with Gasteiger partial charge in [-0.25, -0.2) is 4.98 Å². The van der Waals surface area contributed by atoms with Gasteiger partial charge in [0.15, 0.2) is 5.13 Å². The van der Waals surface area contributed by atoms with Gasteiger partial charge in [-0.15, -0.1) is 11.3 Å². The fraction of sp³-hybridized carbons (Fsp3) is 0.688. The van der Waals surface area contributed by atoms with Crippen molar-refractivity contribution in [1.29, 1.82) is 0 Å². The lowest BCUT2D eigenvalue weighted by Gasteiger charge is -2.59. The average Bonchev–Trinajstić information content (AvgIpc) is 2.82. The molecular formula is C16H20BrN3O2S. The van der Waals surface area contributed by atoms with E-state index in [4.69, 9.17) is 5.73 Å². The van der Waals surface area contributed by atoms with Crippen molar-refractivity contribution in [3.63, 3.8) is 0 Å². The van der Waals surface area contributed by atoms with Crippen LogP contribution in [0.1, 0.15) is 44.2 Å². The van der Waals surface area contributed by atoms with Crippen molar-refractivity contribution in [3.05, 3.63) is 11.1 Å². The highest BCUT2D eigenvalue weighted by atomic mass is 79.9. The van der Waals surface area contributed by atoms with Crippen LogP contribution < -0.4 is 11.1 Å². The summed E-state index contributed by atoms with van der Waals surface area (Å²) in [6.45, 7) is 0. The number of nitrogens with one attached hydrogen (secondary N) is 1. The van der Waals surface area contributed by atoms with E-state index in [9.17, 15) is 9.59 Å². The molecule has 2 amide bonds. The molecule has 124 valence electrons. The van der Waals surface area contributed by atoms with E-state index in [1.54, 1.807) is 5.38 Å². The lowest BCUT2D eigenvalue weighted by Crippen LogP contribution is -2.57. The van der Waals surface area contributed by atoms with Crippen LogP contribution in [0.2, 0.25) is 0 Å². The molecule has 1 aromatic heterocycles. The number of amides is 2. The lowest BCUT2D eigenvalue weighted by molar-refractivity contribution is -0.138. The first-order chi connectivity index (χ1) is 10.9. The van der Waals surface area contributed by atoms with Gasteiger partial charge in [0, 0.05) is 9.70 Å². The summed E-state index contributed by atoms with van der Waals surface area (Å²) < 4.78 is 0.161. The Balaban J connectivity index is 1.51. The van der Waals surface area contributed by atoms with Gasteiger partial charge in [0.25, 0.3) is 0 Å². The summed E-state index contributed by atoms with van der Waals surface area (Å²) >= 11 is 5.29. The van der Waals surface area contributed by atoms with Crippen LogP contribution in [0.3, 0.4) is 0 Å². The fourth-order valence-electron chi connectivity index (χ4n) is 5.27. The predicted molar refractivity (Wildman–Crippen MR) is 92.4 cm³/mol. The highest BCUT2D eigenvalue weighted by Gasteiger charge is 2.59. The van der Waals surface area contributed by atoms with Crippen molar-refractivity contribution in [2.75, 3.05) is 5.32 Å². The van der Waals surface area contributed by atoms with Crippen LogP contribution in [0.25, 0.3) is 0 Å². The molecule has 0 spiro atoms. The van der Waals surface area contributed by atoms with Gasteiger partial charge in [0.05, 0.1) is 17.5 Å². The Bertz CT molecular complexity index is 660. The number of carbonyl (C=O) groups excluding carboxylic acids is 2. The van der Waals surface area contributed by atoms with E-state index in [2.05, 4.69) is 26.2 Å². The summed E-state index contributed by atoms with van der Waals surface area (Å²) in [6, 6.07) is 0. The van der Waals surface area contributed by atoms with Gasteiger partial charge in [-0.1, -0.05) is 15.9 Å². The van der Waals surface area contributed by atoms with E-state index < -0.39 is 5.91 Å². The first-order valence-electron chi connectivity index (χ1n) is 8.09. The molecular weight excluding hydrogens is 378 g/mol. The Morgan fingerprint density at radius 2 is 2.04 bits per heavy atom. The number of rotatable bonds is 4. The SMILES string of the molecule is NC(=O)Cc1csc(NC(=O)C23CC4CC(CC(Br)(C4)C2)C3)n1. The summed E-state index contributed by atoms with van der Waals surface area (Å²) in [5.41, 5.74) is 5.56. The minimum Gasteiger partial charge on any atom is -0.369 e. The number of aromatic nitrogens is 1. The molecule has 7 heteroatoms. The minimum absolute atomic E-state index is 0.107. The minimum atomic E-state index is -0.407. The molecule has 2 atom stereocenters. The number of primary amides is 1. The highest BCUT2D eigenvalue weighted by molar-refractivity contribution is 9.10. The molecule has 3 N–H and O–H groups in total. The van der Waals surface area contributed by atoms with Gasteiger partial charge in [-0.2, -0.15) is 0 Å². The molecule has 0 radical (unpaired) electrons. The monoisotopic (exact) mass is 397 g/mol. The molecule has 5 nitrogen and oxygen atoms in total. The summed E-state index contributed by atoms with van der Waals surface area (Å²) in [4.78, 5) is 28.3. The highest BCUT2D eigenvalue weighted by Crippen LogP contribution is 2.64. The first-order valence-corrected chi connectivity index (χ1v) is 9.76. The maximum Gasteiger partial charge on any atom is 0.232 e. The molecule has 1 heterocycles. The van der Waals surface area contributed by atoms with E-state index in [1.807, 2.05) is 0 Å². The van der Waals surface area contributed by atoms with E-state index in [1.165, 1.54) is 30.6 Å². The Kier molecular flexibility index (Phi) is 3.57. The van der Waals surface area contributed by atoms with Crippen molar-refractivity contribution in [1.82, 2.24) is 4.98 Å². The topological polar surface area (TPSA) is 85.1 Å². The number of hydrogen-bond donors (Lipinski definition) is 2. The van der Waals surface area contributed by atoms with Crippen molar-refractivity contribution < 1.29 is 9.59 Å². The third-order valence-corrected chi connectivity index (χ3v) is 7.33. The summed E-state index contributed by atoms with van der Waals surface area (Å²) in [6.07, 6.45) is 6.74. The van der Waals surface area contributed by atoms with Gasteiger partial charge in [-0.3, -0.25) is 9.59 Å². The number of thiazole rings is 1. The third-order valence-electron chi connectivity index (χ3n) is 5.60. The Labute approximate surface area is 147 Å². The molecule has 1 aromatic rings. The maximum atomic E-state index is 13.0. The zero-order valence-corrected chi connectivity index (χ0v) is 15.2. The van der Waals surface area contributed by atoms with Crippen molar-refractivity contribution >= 4 is 44.2 Å². The van der Waals surface area contributed by atoms with Gasteiger partial charge < -0.3 is 11.1 Å². The quantitative estimate of drug-likeness (QED) is 0.765. The number of hydrogen-bond acceptors (Lipinski definition) is 4. The third kappa shape index (κ3) is 2.82. The number of alkyl halides is 1. The smallest absolute Gasteiger partial charge is 0.232 e. The standard InChI is InChI=1S/C16H20BrN3O2S/c17-16-5-9-1-10(6-16)4-15(3-9,8-16)13(22)20-14-19-11(7-23-14)2-12(18)21/h7,9-10H,1-6,8H2,(H2,18,21)(H,19,20,22). The number of nitrogens with two attached hydrogens (primary N) is 1. The van der Waals surface area contributed by atoms with Gasteiger partial charge in [0.2, 0.25) is 11.8 Å². The molecule has 4 aliphatic carbocycles. The van der Waals surface area contributed by atoms with Gasteiger partial charge in [-0.05, 0) is 50.4 Å². The number of carbonyl (C=O) groups is 2. The molecule has 4 fully saturated rings. The molecule has 0 saturated heterocycles. The number of halogens is 1. The Morgan fingerprint density at radius 1 is 1.35 bits per heavy atom. The lowest BCUT2D eigenvalue weighted by atomic mass is 9.49. The van der Waals surface area contributed by atoms with Crippen molar-refractivity contribution in [3.8, 4) is 0 Å². The van der Waals surface area contributed by atoms with Crippen LogP contribution in [0.15, 0.2) is 5.38 Å². The van der Waals surface area contributed by atoms with Crippen LogP contribution in [-0.4, -0.2) is 21.1 Å². The molecule has 0 aromatic carbocycles. The molecule has 0 aliphatic heterocycles. The van der Waals surface area contributed by atoms with Crippen LogP contribution >= 0.6 is 27.3 Å². The molecule has 5 rings (SSSR count). The largest absolute Gasteiger partial charge is 0.369 e. The van der Waals surface area contributed by atoms with Gasteiger partial charge in [0.1, 0.15) is 0 Å². The molecule has 2 unspecified atom stereocenters. The molecule has 4 saturated carbocycles. The van der Waals surface area contributed by atoms with E-state index in [0.717, 1.165) is 19.3 Å². The fourth-order valence-corrected chi connectivity index (χ4v) is 7.43. The first kappa shape index (κ1) is 15.6. The number of anilines is 1. The normalized spacial score (nSPS) is 37.8. The van der Waals surface area contributed by atoms with E-state index in [-0.39, 0.29) is 22.1 Å². The number of nitrogens with zero attached hydrogens (tertiary/aromatic N) is 1. The summed E-state index contributed by atoms with van der Waals surface area (Å²) in [5, 5.41) is 5.36. The second-order valence-corrected chi connectivity index (χ2v) is 10.2. The van der Waals surface area contributed by atoms with E-state index in [0.29, 0.717) is 22.7 Å². The van der Waals surface area contributed by atoms with Crippen molar-refractivity contribution in [2.24, 2.45) is 23.0 Å². The van der Waals surface area contributed by atoms with Crippen LogP contribution in [0.5, 0.6) is 0 Å². The zero-order valence-electron chi connectivity index (χ0n) is 12.8. The zero-order chi connectivity index (χ0) is 16.2. The van der Waals surface area contributed by atoms with Crippen molar-refractivity contribution in [2.45, 2.75) is 49.3 Å². The average molecular weight is 398 g/mol. The van der Waals surface area contributed by atoms with Crippen LogP contribution in [0, 0.1) is 17.3 Å². The van der Waals surface area contributed by atoms with Crippen LogP contribution in [0.4, 0.5) is 5.13 Å². The van der Waals surface area contributed by atoms with E-state index >= 15 is 0 Å². The molecule has 23 heavy (non-hydrogen) atoms. The summed E-state index contributed by atoms with van der Waals surface area (Å²) in [7, 11) is 0. The molecule has 4 bridgehead atoms. The predicted octanol–water partition coefficient (Wildman–Crippen LogP) is 2.84. The Hall–Kier alpha value is -0.950. The summed E-state index contributed by atoms with van der Waals surface area (Å²) in [5.74, 6) is 1.04. The van der Waals surface area contributed by atoms with Crippen LogP contribution in [-0.2, 0) is 16.0 Å². The second-order valence-electron chi connectivity index (χ2n) is 7.63. The second kappa shape index (κ2) is 5.28. The molecule has 4 aliphatic rings.